The molecule has 152 valence electrons. The van der Waals surface area contributed by atoms with Gasteiger partial charge in [0.05, 0.1) is 19.3 Å². The zero-order valence-corrected chi connectivity index (χ0v) is 16.6. The molecule has 0 bridgehead atoms. The predicted octanol–water partition coefficient (Wildman–Crippen LogP) is 3.96. The van der Waals surface area contributed by atoms with Crippen molar-refractivity contribution in [3.05, 3.63) is 54.1 Å². The van der Waals surface area contributed by atoms with Crippen molar-refractivity contribution in [2.24, 2.45) is 0 Å². The van der Waals surface area contributed by atoms with Crippen LogP contribution < -0.4 is 14.2 Å². The summed E-state index contributed by atoms with van der Waals surface area (Å²) in [4.78, 5) is 11.0. The summed E-state index contributed by atoms with van der Waals surface area (Å²) in [7, 11) is 1.39. The van der Waals surface area contributed by atoms with Crippen LogP contribution in [0.4, 0.5) is 0 Å². The third-order valence-corrected chi connectivity index (χ3v) is 3.93. The van der Waals surface area contributed by atoms with E-state index in [-0.39, 0.29) is 6.10 Å². The number of hydrogen-bond donors (Lipinski definition) is 1. The molecule has 0 aliphatic rings. The van der Waals surface area contributed by atoms with E-state index in [0.717, 1.165) is 29.2 Å². The minimum Gasteiger partial charge on any atom is -0.493 e. The largest absolute Gasteiger partial charge is 0.493 e. The van der Waals surface area contributed by atoms with Crippen molar-refractivity contribution in [3.8, 4) is 17.2 Å². The van der Waals surface area contributed by atoms with Gasteiger partial charge in [-0.25, -0.2) is 4.79 Å². The summed E-state index contributed by atoms with van der Waals surface area (Å²) in [5, 5.41) is 9.02. The van der Waals surface area contributed by atoms with Crippen LogP contribution >= 0.6 is 0 Å². The molecule has 6 nitrogen and oxygen atoms in total. The van der Waals surface area contributed by atoms with E-state index in [9.17, 15) is 4.79 Å². The van der Waals surface area contributed by atoms with E-state index in [2.05, 4.69) is 0 Å². The van der Waals surface area contributed by atoms with Gasteiger partial charge in [0.2, 0.25) is 0 Å². The van der Waals surface area contributed by atoms with Gasteiger partial charge in [0.1, 0.15) is 17.2 Å². The van der Waals surface area contributed by atoms with E-state index >= 15 is 0 Å². The van der Waals surface area contributed by atoms with Crippen molar-refractivity contribution in [1.82, 2.24) is 0 Å². The molecule has 1 atom stereocenters. The van der Waals surface area contributed by atoms with Crippen LogP contribution in [0.2, 0.25) is 0 Å². The van der Waals surface area contributed by atoms with Crippen molar-refractivity contribution in [2.45, 2.75) is 38.9 Å². The van der Waals surface area contributed by atoms with Crippen LogP contribution in [0.25, 0.3) is 0 Å². The molecule has 0 radical (unpaired) electrons. The van der Waals surface area contributed by atoms with E-state index < -0.39 is 12.1 Å². The van der Waals surface area contributed by atoms with Gasteiger partial charge in [-0.1, -0.05) is 12.1 Å². The average Bonchev–Trinajstić information content (AvgIpc) is 2.67. The highest BCUT2D eigenvalue weighted by atomic mass is 16.5. The van der Waals surface area contributed by atoms with Gasteiger partial charge in [-0.15, -0.1) is 0 Å². The smallest absolute Gasteiger partial charge is 0.333 e. The van der Waals surface area contributed by atoms with Crippen LogP contribution in [-0.2, 0) is 16.0 Å². The molecule has 0 aliphatic heterocycles. The minimum absolute atomic E-state index is 0.150. The Labute approximate surface area is 166 Å². The molecule has 0 heterocycles. The van der Waals surface area contributed by atoms with Gasteiger partial charge in [0, 0.05) is 20.0 Å². The van der Waals surface area contributed by atoms with Crippen molar-refractivity contribution < 1.29 is 28.8 Å². The molecule has 0 fully saturated rings. The Morgan fingerprint density at radius 2 is 1.39 bits per heavy atom. The molecule has 0 amide bonds. The Kier molecular flexibility index (Phi) is 8.62. The molecular weight excluding hydrogens is 360 g/mol. The molecule has 2 aromatic rings. The molecule has 0 aromatic heterocycles. The minimum atomic E-state index is -0.968. The maximum absolute atomic E-state index is 11.0. The van der Waals surface area contributed by atoms with Crippen LogP contribution in [0.3, 0.4) is 0 Å². The van der Waals surface area contributed by atoms with E-state index in [1.165, 1.54) is 7.11 Å². The van der Waals surface area contributed by atoms with E-state index in [4.69, 9.17) is 24.1 Å². The Morgan fingerprint density at radius 1 is 0.893 bits per heavy atom. The molecule has 0 spiro atoms. The number of carboxylic acids is 1. The molecule has 1 N–H and O–H groups in total. The highest BCUT2D eigenvalue weighted by Gasteiger charge is 2.16. The molecular formula is C22H28O6. The molecule has 2 rings (SSSR count). The predicted molar refractivity (Wildman–Crippen MR) is 106 cm³/mol. The lowest BCUT2D eigenvalue weighted by molar-refractivity contribution is -0.148. The first-order chi connectivity index (χ1) is 13.5. The second-order valence-corrected chi connectivity index (χ2v) is 6.60. The number of carbonyl (C=O) groups is 1. The Hall–Kier alpha value is -2.73. The van der Waals surface area contributed by atoms with E-state index in [1.54, 1.807) is 0 Å². The summed E-state index contributed by atoms with van der Waals surface area (Å²) in [6, 6.07) is 14.9. The summed E-state index contributed by atoms with van der Waals surface area (Å²) in [6.45, 7) is 5.06. The normalized spacial score (nSPS) is 11.9. The van der Waals surface area contributed by atoms with E-state index in [1.807, 2.05) is 62.4 Å². The third-order valence-electron chi connectivity index (χ3n) is 3.93. The Bertz CT molecular complexity index is 709. The SMILES string of the molecule is CO[C@@H](Cc1ccc(OCCCOc2ccc(OC(C)C)cc2)cc1)C(=O)O. The summed E-state index contributed by atoms with van der Waals surface area (Å²) in [5.41, 5.74) is 0.884. The number of benzene rings is 2. The van der Waals surface area contributed by atoms with Gasteiger partial charge in [0.15, 0.2) is 6.10 Å². The number of carboxylic acid groups (broad SMARTS) is 1. The fourth-order valence-electron chi connectivity index (χ4n) is 2.53. The first kappa shape index (κ1) is 21.6. The maximum Gasteiger partial charge on any atom is 0.333 e. The lowest BCUT2D eigenvalue weighted by atomic mass is 10.1. The molecule has 0 saturated heterocycles. The van der Waals surface area contributed by atoms with Gasteiger partial charge in [0.25, 0.3) is 0 Å². The van der Waals surface area contributed by atoms with Gasteiger partial charge < -0.3 is 24.1 Å². The first-order valence-corrected chi connectivity index (χ1v) is 9.35. The van der Waals surface area contributed by atoms with Crippen molar-refractivity contribution >= 4 is 5.97 Å². The molecule has 2 aromatic carbocycles. The number of rotatable bonds is 12. The van der Waals surface area contributed by atoms with Crippen LogP contribution in [0, 0.1) is 0 Å². The quantitative estimate of drug-likeness (QED) is 0.555. The lowest BCUT2D eigenvalue weighted by Crippen LogP contribution is -2.24. The van der Waals surface area contributed by atoms with Gasteiger partial charge >= 0.3 is 5.97 Å². The van der Waals surface area contributed by atoms with Gasteiger partial charge in [-0.2, -0.15) is 0 Å². The van der Waals surface area contributed by atoms with Gasteiger partial charge in [-0.3, -0.25) is 0 Å². The molecule has 0 saturated carbocycles. The van der Waals surface area contributed by atoms with E-state index in [0.29, 0.717) is 19.6 Å². The lowest BCUT2D eigenvalue weighted by Gasteiger charge is -2.12. The van der Waals surface area contributed by atoms with Crippen LogP contribution in [0.15, 0.2) is 48.5 Å². The average molecular weight is 388 g/mol. The summed E-state index contributed by atoms with van der Waals surface area (Å²) in [5.74, 6) is 1.40. The summed E-state index contributed by atoms with van der Waals surface area (Å²) in [6.07, 6.45) is 0.379. The highest BCUT2D eigenvalue weighted by molar-refractivity contribution is 5.72. The second kappa shape index (κ2) is 11.2. The standard InChI is InChI=1S/C22H28O6/c1-16(2)28-20-11-9-19(10-12-20)27-14-4-13-26-18-7-5-17(6-8-18)15-21(25-3)22(23)24/h5-12,16,21H,4,13-15H2,1-3H3,(H,23,24)/t21-/m0/s1. The first-order valence-electron chi connectivity index (χ1n) is 9.35. The van der Waals surface area contributed by atoms with Crippen molar-refractivity contribution in [2.75, 3.05) is 20.3 Å². The summed E-state index contributed by atoms with van der Waals surface area (Å²) < 4.78 is 21.9. The van der Waals surface area contributed by atoms with Gasteiger partial charge in [-0.05, 0) is 55.8 Å². The Morgan fingerprint density at radius 3 is 1.86 bits per heavy atom. The van der Waals surface area contributed by atoms with Crippen LogP contribution in [-0.4, -0.2) is 43.6 Å². The molecule has 28 heavy (non-hydrogen) atoms. The zero-order chi connectivity index (χ0) is 20.4. The van der Waals surface area contributed by atoms with Crippen molar-refractivity contribution in [3.63, 3.8) is 0 Å². The van der Waals surface area contributed by atoms with Crippen molar-refractivity contribution in [1.29, 1.82) is 0 Å². The topological polar surface area (TPSA) is 74.2 Å². The molecule has 6 heteroatoms. The number of hydrogen-bond acceptors (Lipinski definition) is 5. The van der Waals surface area contributed by atoms with Crippen LogP contribution in [0.5, 0.6) is 17.2 Å². The zero-order valence-electron chi connectivity index (χ0n) is 16.6. The Balaban J connectivity index is 1.67. The fraction of sp³-hybridized carbons (Fsp3) is 0.409. The number of ether oxygens (including phenoxy) is 4. The molecule has 0 unspecified atom stereocenters. The number of aliphatic carboxylic acids is 1. The monoisotopic (exact) mass is 388 g/mol. The molecule has 0 aliphatic carbocycles. The third kappa shape index (κ3) is 7.48. The fourth-order valence-corrected chi connectivity index (χ4v) is 2.53. The highest BCUT2D eigenvalue weighted by Crippen LogP contribution is 2.19. The second-order valence-electron chi connectivity index (χ2n) is 6.60. The maximum atomic E-state index is 11.0. The summed E-state index contributed by atoms with van der Waals surface area (Å²) >= 11 is 0. The number of methoxy groups -OCH3 is 1. The van der Waals surface area contributed by atoms with Crippen LogP contribution in [0.1, 0.15) is 25.8 Å².